The largest absolute Gasteiger partial charge is 0.339 e. The standard InChI is InChI=1S/C18H26N2O/c1-13-5-3-4-6-17(13)16-11-14(2)20(12-16)18(21)15-7-9-19-10-8-15/h3-6,14-16,19H,7-12H2,1-2H3/t14-,16+/m0/s1. The molecule has 2 fully saturated rings. The van der Waals surface area contributed by atoms with Crippen molar-refractivity contribution in [2.75, 3.05) is 19.6 Å². The summed E-state index contributed by atoms with van der Waals surface area (Å²) in [4.78, 5) is 14.9. The molecule has 0 spiro atoms. The summed E-state index contributed by atoms with van der Waals surface area (Å²) in [5.74, 6) is 1.14. The zero-order chi connectivity index (χ0) is 14.8. The summed E-state index contributed by atoms with van der Waals surface area (Å²) >= 11 is 0. The summed E-state index contributed by atoms with van der Waals surface area (Å²) < 4.78 is 0. The second-order valence-electron chi connectivity index (χ2n) is 6.65. The maximum atomic E-state index is 12.8. The number of hydrogen-bond acceptors (Lipinski definition) is 2. The van der Waals surface area contributed by atoms with E-state index in [0.29, 0.717) is 17.9 Å². The van der Waals surface area contributed by atoms with Gasteiger partial charge in [0.25, 0.3) is 0 Å². The fourth-order valence-electron chi connectivity index (χ4n) is 3.91. The Morgan fingerprint density at radius 2 is 1.95 bits per heavy atom. The predicted octanol–water partition coefficient (Wildman–Crippen LogP) is 2.70. The van der Waals surface area contributed by atoms with E-state index in [9.17, 15) is 4.79 Å². The first-order chi connectivity index (χ1) is 10.2. The molecule has 0 saturated carbocycles. The lowest BCUT2D eigenvalue weighted by atomic mass is 9.93. The molecule has 21 heavy (non-hydrogen) atoms. The van der Waals surface area contributed by atoms with Gasteiger partial charge < -0.3 is 10.2 Å². The Kier molecular flexibility index (Phi) is 4.29. The van der Waals surface area contributed by atoms with E-state index in [1.807, 2.05) is 0 Å². The van der Waals surface area contributed by atoms with Crippen LogP contribution in [-0.4, -0.2) is 36.5 Å². The van der Waals surface area contributed by atoms with E-state index in [1.165, 1.54) is 11.1 Å². The van der Waals surface area contributed by atoms with Gasteiger partial charge in [0.05, 0.1) is 0 Å². The SMILES string of the molecule is Cc1ccccc1[C@@H]1C[C@H](C)N(C(=O)C2CCNCC2)C1. The van der Waals surface area contributed by atoms with Crippen LogP contribution in [0, 0.1) is 12.8 Å². The highest BCUT2D eigenvalue weighted by Gasteiger charge is 2.36. The first kappa shape index (κ1) is 14.6. The van der Waals surface area contributed by atoms with Gasteiger partial charge in [-0.3, -0.25) is 4.79 Å². The summed E-state index contributed by atoms with van der Waals surface area (Å²) in [7, 11) is 0. The van der Waals surface area contributed by atoms with Crippen molar-refractivity contribution in [3.8, 4) is 0 Å². The summed E-state index contributed by atoms with van der Waals surface area (Å²) in [6.45, 7) is 7.25. The first-order valence-corrected chi connectivity index (χ1v) is 8.23. The Morgan fingerprint density at radius 1 is 1.24 bits per heavy atom. The van der Waals surface area contributed by atoms with Gasteiger partial charge in [-0.15, -0.1) is 0 Å². The normalized spacial score (nSPS) is 27.0. The molecule has 3 nitrogen and oxygen atoms in total. The fourth-order valence-corrected chi connectivity index (χ4v) is 3.91. The number of hydrogen-bond donors (Lipinski definition) is 1. The number of nitrogens with one attached hydrogen (secondary N) is 1. The summed E-state index contributed by atoms with van der Waals surface area (Å²) in [6, 6.07) is 8.99. The van der Waals surface area contributed by atoms with E-state index in [2.05, 4.69) is 48.3 Å². The molecule has 0 aromatic heterocycles. The first-order valence-electron chi connectivity index (χ1n) is 8.23. The zero-order valence-corrected chi connectivity index (χ0v) is 13.1. The molecule has 0 bridgehead atoms. The number of rotatable bonds is 2. The van der Waals surface area contributed by atoms with Crippen molar-refractivity contribution in [1.29, 1.82) is 0 Å². The molecule has 2 saturated heterocycles. The molecule has 2 atom stereocenters. The maximum absolute atomic E-state index is 12.8. The lowest BCUT2D eigenvalue weighted by molar-refractivity contribution is -0.136. The number of benzene rings is 1. The minimum Gasteiger partial charge on any atom is -0.339 e. The second-order valence-corrected chi connectivity index (χ2v) is 6.65. The minimum absolute atomic E-state index is 0.240. The summed E-state index contributed by atoms with van der Waals surface area (Å²) in [6.07, 6.45) is 3.09. The van der Waals surface area contributed by atoms with Crippen LogP contribution < -0.4 is 5.32 Å². The molecule has 3 heteroatoms. The molecule has 114 valence electrons. The van der Waals surface area contributed by atoms with E-state index in [0.717, 1.165) is 38.9 Å². The second kappa shape index (κ2) is 6.18. The quantitative estimate of drug-likeness (QED) is 0.906. The van der Waals surface area contributed by atoms with Gasteiger partial charge in [-0.1, -0.05) is 24.3 Å². The van der Waals surface area contributed by atoms with Gasteiger partial charge in [-0.25, -0.2) is 0 Å². The number of likely N-dealkylation sites (tertiary alicyclic amines) is 1. The number of piperidine rings is 1. The molecule has 3 rings (SSSR count). The minimum atomic E-state index is 0.240. The fraction of sp³-hybridized carbons (Fsp3) is 0.611. The third kappa shape index (κ3) is 2.98. The maximum Gasteiger partial charge on any atom is 0.226 e. The van der Waals surface area contributed by atoms with Crippen LogP contribution in [-0.2, 0) is 4.79 Å². The highest BCUT2D eigenvalue weighted by molar-refractivity contribution is 5.79. The van der Waals surface area contributed by atoms with Crippen LogP contribution in [0.4, 0.5) is 0 Å². The summed E-state index contributed by atoms with van der Waals surface area (Å²) in [5.41, 5.74) is 2.77. The van der Waals surface area contributed by atoms with Gasteiger partial charge in [0, 0.05) is 24.4 Å². The van der Waals surface area contributed by atoms with Gasteiger partial charge in [0.1, 0.15) is 0 Å². The van der Waals surface area contributed by atoms with Crippen LogP contribution in [0.3, 0.4) is 0 Å². The molecule has 2 aliphatic heterocycles. The van der Waals surface area contributed by atoms with Crippen LogP contribution in [0.2, 0.25) is 0 Å². The molecule has 0 aliphatic carbocycles. The number of aryl methyl sites for hydroxylation is 1. The van der Waals surface area contributed by atoms with E-state index in [1.54, 1.807) is 0 Å². The average Bonchev–Trinajstić information content (AvgIpc) is 2.89. The van der Waals surface area contributed by atoms with Crippen molar-refractivity contribution in [1.82, 2.24) is 10.2 Å². The Bertz CT molecular complexity index is 508. The molecule has 2 aliphatic rings. The van der Waals surface area contributed by atoms with Gasteiger partial charge in [0.2, 0.25) is 5.91 Å². The zero-order valence-electron chi connectivity index (χ0n) is 13.1. The highest BCUT2D eigenvalue weighted by atomic mass is 16.2. The van der Waals surface area contributed by atoms with Crippen LogP contribution in [0.25, 0.3) is 0 Å². The molecule has 1 amide bonds. The van der Waals surface area contributed by atoms with E-state index in [-0.39, 0.29) is 5.92 Å². The molecular weight excluding hydrogens is 260 g/mol. The van der Waals surface area contributed by atoms with Crippen molar-refractivity contribution >= 4 is 5.91 Å². The molecule has 1 aromatic carbocycles. The number of carbonyl (C=O) groups is 1. The van der Waals surface area contributed by atoms with Gasteiger partial charge in [-0.05, 0) is 57.3 Å². The van der Waals surface area contributed by atoms with Crippen molar-refractivity contribution in [3.05, 3.63) is 35.4 Å². The Morgan fingerprint density at radius 3 is 2.67 bits per heavy atom. The Labute approximate surface area is 127 Å². The lowest BCUT2D eigenvalue weighted by Crippen LogP contribution is -2.42. The van der Waals surface area contributed by atoms with Crippen LogP contribution in [0.1, 0.15) is 43.2 Å². The van der Waals surface area contributed by atoms with E-state index < -0.39 is 0 Å². The van der Waals surface area contributed by atoms with Crippen molar-refractivity contribution in [2.45, 2.75) is 45.1 Å². The van der Waals surface area contributed by atoms with Gasteiger partial charge in [0.15, 0.2) is 0 Å². The predicted molar refractivity (Wildman–Crippen MR) is 85.3 cm³/mol. The Balaban J connectivity index is 1.71. The Hall–Kier alpha value is -1.35. The smallest absolute Gasteiger partial charge is 0.226 e. The lowest BCUT2D eigenvalue weighted by Gasteiger charge is -2.29. The molecular formula is C18H26N2O. The highest BCUT2D eigenvalue weighted by Crippen LogP contribution is 2.34. The molecule has 0 radical (unpaired) electrons. The monoisotopic (exact) mass is 286 g/mol. The van der Waals surface area contributed by atoms with Crippen molar-refractivity contribution in [2.24, 2.45) is 5.92 Å². The number of nitrogens with zero attached hydrogens (tertiary/aromatic N) is 1. The average molecular weight is 286 g/mol. The van der Waals surface area contributed by atoms with Crippen LogP contribution >= 0.6 is 0 Å². The topological polar surface area (TPSA) is 32.3 Å². The summed E-state index contributed by atoms with van der Waals surface area (Å²) in [5, 5.41) is 3.34. The number of amides is 1. The van der Waals surface area contributed by atoms with E-state index >= 15 is 0 Å². The van der Waals surface area contributed by atoms with Gasteiger partial charge >= 0.3 is 0 Å². The number of carbonyl (C=O) groups excluding carboxylic acids is 1. The van der Waals surface area contributed by atoms with Crippen molar-refractivity contribution < 1.29 is 4.79 Å². The molecule has 0 unspecified atom stereocenters. The molecule has 2 heterocycles. The third-order valence-corrected chi connectivity index (χ3v) is 5.17. The molecule has 1 N–H and O–H groups in total. The van der Waals surface area contributed by atoms with E-state index in [4.69, 9.17) is 0 Å². The van der Waals surface area contributed by atoms with Crippen LogP contribution in [0.5, 0.6) is 0 Å². The van der Waals surface area contributed by atoms with Gasteiger partial charge in [-0.2, -0.15) is 0 Å². The van der Waals surface area contributed by atoms with Crippen molar-refractivity contribution in [3.63, 3.8) is 0 Å². The van der Waals surface area contributed by atoms with Crippen LogP contribution in [0.15, 0.2) is 24.3 Å². The third-order valence-electron chi connectivity index (χ3n) is 5.17. The molecule has 1 aromatic rings.